The van der Waals surface area contributed by atoms with Crippen molar-refractivity contribution in [2.75, 3.05) is 19.6 Å². The molecule has 0 spiro atoms. The summed E-state index contributed by atoms with van der Waals surface area (Å²) in [6.07, 6.45) is 0.969. The molecule has 1 aromatic carbocycles. The molecule has 0 aromatic heterocycles. The van der Waals surface area contributed by atoms with E-state index in [1.807, 2.05) is 19.9 Å². The third kappa shape index (κ3) is 4.40. The lowest BCUT2D eigenvalue weighted by Gasteiger charge is -2.20. The summed E-state index contributed by atoms with van der Waals surface area (Å²) >= 11 is 0. The quantitative estimate of drug-likeness (QED) is 0.823. The summed E-state index contributed by atoms with van der Waals surface area (Å²) in [6.45, 7) is 8.43. The van der Waals surface area contributed by atoms with Gasteiger partial charge in [0.1, 0.15) is 0 Å². The molecule has 1 rings (SSSR count). The van der Waals surface area contributed by atoms with Crippen LogP contribution in [0.1, 0.15) is 38.7 Å². The Morgan fingerprint density at radius 2 is 1.83 bits per heavy atom. The number of benzene rings is 1. The van der Waals surface area contributed by atoms with E-state index in [1.165, 1.54) is 5.56 Å². The molecule has 0 saturated heterocycles. The van der Waals surface area contributed by atoms with Crippen molar-refractivity contribution in [2.45, 2.75) is 33.1 Å². The molecular formula is C15H24N2O. The predicted octanol–water partition coefficient (Wildman–Crippen LogP) is 3.23. The highest BCUT2D eigenvalue weighted by Crippen LogP contribution is 2.17. The van der Waals surface area contributed by atoms with Gasteiger partial charge in [0.25, 0.3) is 0 Å². The lowest BCUT2D eigenvalue weighted by Crippen LogP contribution is -2.40. The lowest BCUT2D eigenvalue weighted by atomic mass is 9.98. The largest absolute Gasteiger partial charge is 0.338 e. The van der Waals surface area contributed by atoms with Gasteiger partial charge in [-0.3, -0.25) is 0 Å². The average Bonchev–Trinajstić information content (AvgIpc) is 2.41. The summed E-state index contributed by atoms with van der Waals surface area (Å²) in [4.78, 5) is 13.5. The summed E-state index contributed by atoms with van der Waals surface area (Å²) in [5.74, 6) is 0.475. The van der Waals surface area contributed by atoms with Gasteiger partial charge in [0.15, 0.2) is 0 Å². The third-order valence-electron chi connectivity index (χ3n) is 3.27. The number of rotatable bonds is 6. The maximum atomic E-state index is 11.7. The monoisotopic (exact) mass is 248 g/mol. The number of urea groups is 1. The van der Waals surface area contributed by atoms with Gasteiger partial charge < -0.3 is 10.2 Å². The van der Waals surface area contributed by atoms with Crippen LogP contribution in [-0.4, -0.2) is 30.6 Å². The van der Waals surface area contributed by atoms with Crippen LogP contribution in [0.15, 0.2) is 30.3 Å². The van der Waals surface area contributed by atoms with Gasteiger partial charge in [-0.15, -0.1) is 0 Å². The topological polar surface area (TPSA) is 32.3 Å². The second-order valence-electron chi connectivity index (χ2n) is 4.50. The zero-order chi connectivity index (χ0) is 13.4. The summed E-state index contributed by atoms with van der Waals surface area (Å²) in [6, 6.07) is 10.5. The third-order valence-corrected chi connectivity index (χ3v) is 3.27. The second-order valence-corrected chi connectivity index (χ2v) is 4.50. The highest BCUT2D eigenvalue weighted by molar-refractivity contribution is 5.73. The summed E-state index contributed by atoms with van der Waals surface area (Å²) in [5, 5.41) is 2.97. The van der Waals surface area contributed by atoms with Gasteiger partial charge in [-0.25, -0.2) is 4.79 Å². The summed E-state index contributed by atoms with van der Waals surface area (Å²) in [5.41, 5.74) is 1.33. The molecular weight excluding hydrogens is 224 g/mol. The van der Waals surface area contributed by atoms with Crippen LogP contribution in [0.25, 0.3) is 0 Å². The van der Waals surface area contributed by atoms with Crippen LogP contribution < -0.4 is 5.32 Å². The molecule has 0 aliphatic carbocycles. The Hall–Kier alpha value is -1.51. The maximum absolute atomic E-state index is 11.7. The zero-order valence-corrected chi connectivity index (χ0v) is 11.6. The van der Waals surface area contributed by atoms with E-state index in [0.29, 0.717) is 5.92 Å². The Labute approximate surface area is 110 Å². The molecule has 18 heavy (non-hydrogen) atoms. The highest BCUT2D eigenvalue weighted by atomic mass is 16.2. The van der Waals surface area contributed by atoms with Crippen LogP contribution in [0.4, 0.5) is 4.79 Å². The van der Waals surface area contributed by atoms with E-state index in [2.05, 4.69) is 36.5 Å². The van der Waals surface area contributed by atoms with Gasteiger partial charge in [-0.2, -0.15) is 0 Å². The van der Waals surface area contributed by atoms with Gasteiger partial charge in [0, 0.05) is 19.6 Å². The van der Waals surface area contributed by atoms with E-state index in [4.69, 9.17) is 0 Å². The summed E-state index contributed by atoms with van der Waals surface area (Å²) in [7, 11) is 0. The van der Waals surface area contributed by atoms with Crippen LogP contribution in [0.5, 0.6) is 0 Å². The van der Waals surface area contributed by atoms with Gasteiger partial charge in [0.05, 0.1) is 0 Å². The van der Waals surface area contributed by atoms with E-state index in [0.717, 1.165) is 26.1 Å². The standard InChI is InChI=1S/C15H24N2O/c1-4-17(5-2)15(18)16-12-11-13(3)14-9-7-6-8-10-14/h6-10,13H,4-5,11-12H2,1-3H3,(H,16,18). The second kappa shape index (κ2) is 7.75. The number of carbonyl (C=O) groups excluding carboxylic acids is 1. The van der Waals surface area contributed by atoms with Crippen LogP contribution in [0, 0.1) is 0 Å². The Morgan fingerprint density at radius 3 is 2.39 bits per heavy atom. The molecule has 0 radical (unpaired) electrons. The fraction of sp³-hybridized carbons (Fsp3) is 0.533. The van der Waals surface area contributed by atoms with Crippen molar-refractivity contribution in [3.05, 3.63) is 35.9 Å². The normalized spacial score (nSPS) is 11.9. The van der Waals surface area contributed by atoms with Crippen LogP contribution in [0.3, 0.4) is 0 Å². The van der Waals surface area contributed by atoms with Crippen molar-refractivity contribution in [3.8, 4) is 0 Å². The fourth-order valence-corrected chi connectivity index (χ4v) is 1.97. The van der Waals surface area contributed by atoms with E-state index in [-0.39, 0.29) is 6.03 Å². The minimum Gasteiger partial charge on any atom is -0.338 e. The predicted molar refractivity (Wildman–Crippen MR) is 75.8 cm³/mol. The van der Waals surface area contributed by atoms with Crippen LogP contribution >= 0.6 is 0 Å². The zero-order valence-electron chi connectivity index (χ0n) is 11.6. The van der Waals surface area contributed by atoms with E-state index in [9.17, 15) is 4.79 Å². The number of amides is 2. The number of carbonyl (C=O) groups is 1. The minimum atomic E-state index is 0.0419. The molecule has 1 atom stereocenters. The molecule has 1 N–H and O–H groups in total. The first-order chi connectivity index (χ1) is 8.69. The van der Waals surface area contributed by atoms with Gasteiger partial charge in [0.2, 0.25) is 0 Å². The molecule has 3 heteroatoms. The number of nitrogens with zero attached hydrogens (tertiary/aromatic N) is 1. The van der Waals surface area contributed by atoms with E-state index < -0.39 is 0 Å². The van der Waals surface area contributed by atoms with Crippen molar-refractivity contribution in [1.29, 1.82) is 0 Å². The fourth-order valence-electron chi connectivity index (χ4n) is 1.97. The van der Waals surface area contributed by atoms with Gasteiger partial charge in [-0.1, -0.05) is 37.3 Å². The maximum Gasteiger partial charge on any atom is 0.317 e. The minimum absolute atomic E-state index is 0.0419. The smallest absolute Gasteiger partial charge is 0.317 e. The molecule has 100 valence electrons. The molecule has 3 nitrogen and oxygen atoms in total. The van der Waals surface area contributed by atoms with Crippen molar-refractivity contribution in [1.82, 2.24) is 10.2 Å². The Morgan fingerprint density at radius 1 is 1.22 bits per heavy atom. The van der Waals surface area contributed by atoms with Gasteiger partial charge in [-0.05, 0) is 31.7 Å². The SMILES string of the molecule is CCN(CC)C(=O)NCCC(C)c1ccccc1. The Balaban J connectivity index is 2.32. The Kier molecular flexibility index (Phi) is 6.26. The van der Waals surface area contributed by atoms with Crippen molar-refractivity contribution >= 4 is 6.03 Å². The van der Waals surface area contributed by atoms with E-state index in [1.54, 1.807) is 4.90 Å². The molecule has 0 aliphatic rings. The molecule has 0 saturated carbocycles. The van der Waals surface area contributed by atoms with Crippen molar-refractivity contribution < 1.29 is 4.79 Å². The number of hydrogen-bond acceptors (Lipinski definition) is 1. The number of nitrogens with one attached hydrogen (secondary N) is 1. The molecule has 0 aliphatic heterocycles. The first-order valence-electron chi connectivity index (χ1n) is 6.76. The van der Waals surface area contributed by atoms with E-state index >= 15 is 0 Å². The van der Waals surface area contributed by atoms with Gasteiger partial charge >= 0.3 is 6.03 Å². The van der Waals surface area contributed by atoms with Crippen molar-refractivity contribution in [3.63, 3.8) is 0 Å². The first kappa shape index (κ1) is 14.6. The first-order valence-corrected chi connectivity index (χ1v) is 6.76. The van der Waals surface area contributed by atoms with Crippen LogP contribution in [-0.2, 0) is 0 Å². The molecule has 1 unspecified atom stereocenters. The molecule has 1 aromatic rings. The van der Waals surface area contributed by atoms with Crippen LogP contribution in [0.2, 0.25) is 0 Å². The number of hydrogen-bond donors (Lipinski definition) is 1. The average molecular weight is 248 g/mol. The highest BCUT2D eigenvalue weighted by Gasteiger charge is 2.09. The molecule has 2 amide bonds. The molecule has 0 bridgehead atoms. The lowest BCUT2D eigenvalue weighted by molar-refractivity contribution is 0.203. The summed E-state index contributed by atoms with van der Waals surface area (Å²) < 4.78 is 0. The Bertz CT molecular complexity index is 347. The molecule has 0 heterocycles. The molecule has 0 fully saturated rings. The van der Waals surface area contributed by atoms with Crippen molar-refractivity contribution in [2.24, 2.45) is 0 Å².